The van der Waals surface area contributed by atoms with E-state index in [1.807, 2.05) is 6.92 Å². The highest BCUT2D eigenvalue weighted by atomic mass is 35.5. The second kappa shape index (κ2) is 10.4. The van der Waals surface area contributed by atoms with E-state index in [2.05, 4.69) is 15.0 Å². The van der Waals surface area contributed by atoms with Gasteiger partial charge in [-0.15, -0.1) is 24.8 Å². The topological polar surface area (TPSA) is 83.4 Å². The normalized spacial score (nSPS) is 14.3. The Morgan fingerprint density at radius 3 is 2.42 bits per heavy atom. The highest BCUT2D eigenvalue weighted by Crippen LogP contribution is 2.31. The zero-order valence-electron chi connectivity index (χ0n) is 16.9. The van der Waals surface area contributed by atoms with Crippen LogP contribution in [0, 0.1) is 11.6 Å². The minimum absolute atomic E-state index is 0. The van der Waals surface area contributed by atoms with Crippen molar-refractivity contribution >= 4 is 35.8 Å². The van der Waals surface area contributed by atoms with Gasteiger partial charge < -0.3 is 14.8 Å². The third-order valence-electron chi connectivity index (χ3n) is 5.23. The monoisotopic (exact) mass is 476 g/mol. The summed E-state index contributed by atoms with van der Waals surface area (Å²) >= 11 is 0. The van der Waals surface area contributed by atoms with E-state index in [4.69, 9.17) is 4.74 Å². The summed E-state index contributed by atoms with van der Waals surface area (Å²) in [5, 5.41) is 15.2. The first-order chi connectivity index (χ1) is 14.0. The van der Waals surface area contributed by atoms with Gasteiger partial charge in [0.25, 0.3) is 0 Å². The second-order valence-corrected chi connectivity index (χ2v) is 6.98. The smallest absolute Gasteiger partial charge is 0.235 e. The van der Waals surface area contributed by atoms with Crippen molar-refractivity contribution in [1.29, 1.82) is 0 Å². The van der Waals surface area contributed by atoms with Gasteiger partial charge in [-0.1, -0.05) is 13.0 Å². The van der Waals surface area contributed by atoms with Crippen molar-refractivity contribution in [1.82, 2.24) is 19.7 Å². The molecule has 11 heteroatoms. The minimum Gasteiger partial charge on any atom is -0.503 e. The van der Waals surface area contributed by atoms with Crippen LogP contribution in [-0.4, -0.2) is 57.6 Å². The van der Waals surface area contributed by atoms with Gasteiger partial charge in [0.05, 0.1) is 42.1 Å². The number of hydrogen-bond donors (Lipinski definition) is 2. The maximum Gasteiger partial charge on any atom is 0.235 e. The number of H-pyrrole nitrogens is 1. The zero-order valence-corrected chi connectivity index (χ0v) is 18.5. The summed E-state index contributed by atoms with van der Waals surface area (Å²) in [4.78, 5) is 17.9. The van der Waals surface area contributed by atoms with Crippen molar-refractivity contribution < 1.29 is 18.6 Å². The summed E-state index contributed by atoms with van der Waals surface area (Å²) in [5.41, 5.74) is -0.572. The molecular weight excluding hydrogens is 453 g/mol. The number of aromatic hydroxyl groups is 1. The molecule has 170 valence electrons. The van der Waals surface area contributed by atoms with E-state index >= 15 is 0 Å². The molecule has 7 nitrogen and oxygen atoms in total. The molecule has 4 rings (SSSR count). The maximum absolute atomic E-state index is 14.3. The number of pyridine rings is 1. The van der Waals surface area contributed by atoms with Crippen LogP contribution in [0.3, 0.4) is 0 Å². The summed E-state index contributed by atoms with van der Waals surface area (Å²) in [6, 6.07) is 3.38. The third-order valence-corrected chi connectivity index (χ3v) is 5.23. The van der Waals surface area contributed by atoms with Gasteiger partial charge in [-0.05, 0) is 18.6 Å². The number of aromatic nitrogens is 3. The summed E-state index contributed by atoms with van der Waals surface area (Å²) in [6.45, 7) is 5.98. The van der Waals surface area contributed by atoms with Gasteiger partial charge >= 0.3 is 0 Å². The quantitative estimate of drug-likeness (QED) is 0.590. The first-order valence-electron chi connectivity index (χ1n) is 9.60. The molecule has 0 spiro atoms. The van der Waals surface area contributed by atoms with Crippen LogP contribution >= 0.6 is 24.8 Å². The highest BCUT2D eigenvalue weighted by molar-refractivity contribution is 5.86. The number of nitrogens with zero attached hydrogens (tertiary/aromatic N) is 3. The Bertz CT molecular complexity index is 1090. The fourth-order valence-electron chi connectivity index (χ4n) is 3.67. The van der Waals surface area contributed by atoms with E-state index in [9.17, 15) is 18.7 Å². The van der Waals surface area contributed by atoms with E-state index in [1.54, 1.807) is 4.68 Å². The molecule has 2 aromatic heterocycles. The average molecular weight is 477 g/mol. The Balaban J connectivity index is 0.00000171. The molecule has 31 heavy (non-hydrogen) atoms. The molecule has 0 bridgehead atoms. The predicted octanol–water partition coefficient (Wildman–Crippen LogP) is 3.11. The number of morpholine rings is 1. The van der Waals surface area contributed by atoms with Crippen LogP contribution in [-0.2, 0) is 17.7 Å². The van der Waals surface area contributed by atoms with Crippen LogP contribution in [0.25, 0.3) is 22.3 Å². The maximum atomic E-state index is 14.3. The van der Waals surface area contributed by atoms with E-state index in [-0.39, 0.29) is 35.9 Å². The predicted molar refractivity (Wildman–Crippen MR) is 119 cm³/mol. The Labute approximate surface area is 189 Å². The van der Waals surface area contributed by atoms with Gasteiger partial charge in [0.15, 0.2) is 5.75 Å². The zero-order chi connectivity index (χ0) is 20.5. The van der Waals surface area contributed by atoms with Crippen molar-refractivity contribution in [3.63, 3.8) is 0 Å². The van der Waals surface area contributed by atoms with Gasteiger partial charge in [-0.3, -0.25) is 9.69 Å². The number of rotatable bonds is 5. The Morgan fingerprint density at radius 1 is 1.16 bits per heavy atom. The first kappa shape index (κ1) is 25.1. The Kier molecular flexibility index (Phi) is 8.41. The molecule has 1 aliphatic heterocycles. The molecule has 1 aromatic carbocycles. The summed E-state index contributed by atoms with van der Waals surface area (Å²) in [6.07, 6.45) is 0.483. The van der Waals surface area contributed by atoms with Crippen LogP contribution in [0.4, 0.5) is 8.78 Å². The molecule has 0 saturated carbocycles. The number of halogens is 4. The summed E-state index contributed by atoms with van der Waals surface area (Å²) < 4.78 is 35.6. The Morgan fingerprint density at radius 2 is 1.81 bits per heavy atom. The van der Waals surface area contributed by atoms with Crippen molar-refractivity contribution in [2.24, 2.45) is 0 Å². The molecule has 1 fully saturated rings. The molecule has 1 aliphatic rings. The largest absolute Gasteiger partial charge is 0.503 e. The fourth-order valence-corrected chi connectivity index (χ4v) is 3.67. The number of hydrogen-bond acceptors (Lipinski definition) is 5. The van der Waals surface area contributed by atoms with Crippen molar-refractivity contribution in [2.45, 2.75) is 19.9 Å². The number of nitrogens with one attached hydrogen (secondary N) is 1. The molecule has 0 aliphatic carbocycles. The van der Waals surface area contributed by atoms with Crippen molar-refractivity contribution in [2.75, 3.05) is 32.8 Å². The SMILES string of the molecule is CCc1nn(CCN2CCOCC2)c2[nH]c(-c3c(F)cccc3F)c(O)c(=O)c12.Cl.Cl. The van der Waals surface area contributed by atoms with Crippen LogP contribution < -0.4 is 5.43 Å². The lowest BCUT2D eigenvalue weighted by atomic mass is 10.1. The molecule has 1 saturated heterocycles. The number of benzene rings is 1. The first-order valence-corrected chi connectivity index (χ1v) is 9.60. The molecule has 0 radical (unpaired) electrons. The van der Waals surface area contributed by atoms with Gasteiger partial charge in [-0.25, -0.2) is 13.5 Å². The lowest BCUT2D eigenvalue weighted by Gasteiger charge is -2.26. The van der Waals surface area contributed by atoms with Gasteiger partial charge in [0, 0.05) is 19.6 Å². The molecule has 3 heterocycles. The molecular formula is C20H24Cl2F2N4O3. The average Bonchev–Trinajstić information content (AvgIpc) is 3.08. The van der Waals surface area contributed by atoms with Gasteiger partial charge in [0.2, 0.25) is 5.43 Å². The van der Waals surface area contributed by atoms with Crippen molar-refractivity contribution in [3.8, 4) is 17.0 Å². The fraction of sp³-hybridized carbons (Fsp3) is 0.400. The molecule has 3 aromatic rings. The van der Waals surface area contributed by atoms with E-state index in [1.165, 1.54) is 6.07 Å². The van der Waals surface area contributed by atoms with Crippen LogP contribution in [0.15, 0.2) is 23.0 Å². The highest BCUT2D eigenvalue weighted by Gasteiger charge is 2.23. The van der Waals surface area contributed by atoms with Gasteiger partial charge in [0.1, 0.15) is 17.3 Å². The van der Waals surface area contributed by atoms with Crippen LogP contribution in [0.2, 0.25) is 0 Å². The number of aryl methyl sites for hydroxylation is 1. The van der Waals surface area contributed by atoms with E-state index in [0.717, 1.165) is 25.2 Å². The second-order valence-electron chi connectivity index (χ2n) is 6.98. The minimum atomic E-state index is -0.870. The number of fused-ring (bicyclic) bond motifs is 1. The van der Waals surface area contributed by atoms with E-state index < -0.39 is 28.4 Å². The molecule has 0 unspecified atom stereocenters. The van der Waals surface area contributed by atoms with Crippen molar-refractivity contribution in [3.05, 3.63) is 45.8 Å². The molecule has 0 atom stereocenters. The summed E-state index contributed by atoms with van der Waals surface area (Å²) in [5.74, 6) is -2.46. The van der Waals surface area contributed by atoms with Crippen LogP contribution in [0.5, 0.6) is 5.75 Å². The lowest BCUT2D eigenvalue weighted by Crippen LogP contribution is -2.38. The number of aromatic amines is 1. The molecule has 2 N–H and O–H groups in total. The van der Waals surface area contributed by atoms with Gasteiger partial charge in [-0.2, -0.15) is 5.10 Å². The molecule has 0 amide bonds. The number of ether oxygens (including phenoxy) is 1. The standard InChI is InChI=1S/C20H22F2N4O3.2ClH/c1-2-14-16-18(27)19(28)17(15-12(21)4-3-5-13(15)22)23-20(16)26(24-14)7-6-25-8-10-29-11-9-25;;/h3-5,28H,2,6-11H2,1H3,(H,23,27);2*1H. The Hall–Kier alpha value is -2.20. The third kappa shape index (κ3) is 4.69. The lowest BCUT2D eigenvalue weighted by molar-refractivity contribution is 0.0361. The van der Waals surface area contributed by atoms with E-state index in [0.29, 0.717) is 44.1 Å². The summed E-state index contributed by atoms with van der Waals surface area (Å²) in [7, 11) is 0. The van der Waals surface area contributed by atoms with Crippen LogP contribution in [0.1, 0.15) is 12.6 Å².